The summed E-state index contributed by atoms with van der Waals surface area (Å²) in [7, 11) is 3.13. The Hall–Kier alpha value is -7.49. The molecule has 18 nitrogen and oxygen atoms in total. The number of aromatic nitrogens is 4. The van der Waals surface area contributed by atoms with Crippen LogP contribution in [-0.2, 0) is 33.7 Å². The second-order valence-electron chi connectivity index (χ2n) is 20.0. The van der Waals surface area contributed by atoms with Crippen LogP contribution in [0.3, 0.4) is 0 Å². The van der Waals surface area contributed by atoms with Crippen LogP contribution >= 0.6 is 8.53 Å². The minimum atomic E-state index is -1.75. The number of benzene rings is 5. The fourth-order valence-corrected chi connectivity index (χ4v) is 12.2. The van der Waals surface area contributed by atoms with Gasteiger partial charge in [0, 0.05) is 44.4 Å². The Kier molecular flexibility index (Phi) is 18.2. The lowest BCUT2D eigenvalue weighted by Gasteiger charge is -2.39. The maximum atomic E-state index is 13.7. The second kappa shape index (κ2) is 25.5. The van der Waals surface area contributed by atoms with Crippen LogP contribution in [0, 0.1) is 11.3 Å². The maximum absolute atomic E-state index is 13.7. The molecular weight excluding hydrogens is 1020 g/mol. The number of ether oxygens (including phenoxy) is 5. The smallest absolute Gasteiger partial charge is 0.409 e. The van der Waals surface area contributed by atoms with Crippen molar-refractivity contribution < 1.29 is 42.3 Å². The number of carbonyl (C=O) groups is 2. The number of fused-ring (bicyclic) bond motifs is 4. The number of hydrogen-bond donors (Lipinski definition) is 2. The normalized spacial score (nSPS) is 16.4. The number of rotatable bonds is 24. The predicted octanol–water partition coefficient (Wildman–Crippen LogP) is 10.7. The van der Waals surface area contributed by atoms with Crippen LogP contribution in [0.25, 0.3) is 22.3 Å². The number of imidazole rings is 1. The van der Waals surface area contributed by atoms with E-state index in [9.17, 15) is 19.6 Å². The first-order chi connectivity index (χ1) is 38.3. The van der Waals surface area contributed by atoms with Crippen molar-refractivity contribution in [2.75, 3.05) is 52.9 Å². The van der Waals surface area contributed by atoms with Gasteiger partial charge in [0.15, 0.2) is 11.2 Å². The molecule has 9 rings (SSSR count). The van der Waals surface area contributed by atoms with E-state index in [1.165, 1.54) is 11.2 Å². The third-order valence-corrected chi connectivity index (χ3v) is 16.4. The van der Waals surface area contributed by atoms with Gasteiger partial charge in [-0.2, -0.15) is 10.2 Å². The first kappa shape index (κ1) is 56.2. The average Bonchev–Trinajstić information content (AvgIpc) is 4.39. The molecule has 3 heterocycles. The van der Waals surface area contributed by atoms with Gasteiger partial charge in [0.05, 0.1) is 52.4 Å². The second-order valence-corrected chi connectivity index (χ2v) is 21.4. The number of hydrogen-bond acceptors (Lipinski definition) is 14. The monoisotopic (exact) mass is 1090 g/mol. The zero-order valence-electron chi connectivity index (χ0n) is 45.5. The summed E-state index contributed by atoms with van der Waals surface area (Å²) in [6, 6.07) is 44.0. The van der Waals surface area contributed by atoms with E-state index in [4.69, 9.17) is 37.7 Å². The summed E-state index contributed by atoms with van der Waals surface area (Å²) in [6.45, 7) is 8.87. The highest BCUT2D eigenvalue weighted by Gasteiger charge is 2.45. The fraction of sp³-hybridized carbons (Fsp3) is 0.367. The van der Waals surface area contributed by atoms with Gasteiger partial charge in [-0.15, -0.1) is 0 Å². The van der Waals surface area contributed by atoms with Crippen molar-refractivity contribution in [1.82, 2.24) is 29.1 Å². The molecule has 1 unspecified atom stereocenters. The van der Waals surface area contributed by atoms with Crippen molar-refractivity contribution in [2.45, 2.75) is 95.4 Å². The molecule has 79 heavy (non-hydrogen) atoms. The van der Waals surface area contributed by atoms with Crippen LogP contribution in [0.5, 0.6) is 11.5 Å². The summed E-state index contributed by atoms with van der Waals surface area (Å²) in [5.41, 5.74) is 5.48. The standard InChI is InChI=1S/C60H67N8O10P/c1-39(2)68(40(3)4)79(76-34-16-32-61)78-51-35-54(77-52(51)37-75-60(41-17-9-8-10-18-41,42-24-28-44(72-6)29-25-42)43-26-30-45(73-7)31-27-43)67-38-62-55-56(67)64-58(65-57(55)70)63-53(69)23-15-33-66(5)59(71)74-36-50-48-21-13-11-19-46(48)47-20-12-14-22-49(47)50/h8-14,17-22,24-31,38-40,50-52,54H,15-16,23,33-37H2,1-7H3,(H2,63,64,65,69,70)/t51-,52-,54-,79?/m1/s1. The molecule has 2 aromatic heterocycles. The molecule has 1 fully saturated rings. The molecule has 4 atom stereocenters. The van der Waals surface area contributed by atoms with E-state index in [1.54, 1.807) is 25.8 Å². The topological polar surface area (TPSA) is 205 Å². The third kappa shape index (κ3) is 12.4. The summed E-state index contributed by atoms with van der Waals surface area (Å²) < 4.78 is 48.7. The molecule has 0 saturated carbocycles. The number of nitrogens with zero attached hydrogens (tertiary/aromatic N) is 6. The summed E-state index contributed by atoms with van der Waals surface area (Å²) in [5.74, 6) is 0.784. The van der Waals surface area contributed by atoms with Crippen molar-refractivity contribution >= 4 is 37.6 Å². The van der Waals surface area contributed by atoms with Crippen molar-refractivity contribution in [1.29, 1.82) is 5.26 Å². The summed E-state index contributed by atoms with van der Waals surface area (Å²) >= 11 is 0. The van der Waals surface area contributed by atoms with Crippen LogP contribution in [0.1, 0.15) is 93.3 Å². The molecule has 0 spiro atoms. The maximum Gasteiger partial charge on any atom is 0.409 e. The quantitative estimate of drug-likeness (QED) is 0.0328. The summed E-state index contributed by atoms with van der Waals surface area (Å²) in [5, 5.41) is 12.3. The van der Waals surface area contributed by atoms with Gasteiger partial charge in [-0.3, -0.25) is 24.5 Å². The van der Waals surface area contributed by atoms with Crippen LogP contribution in [-0.4, -0.2) is 113 Å². The van der Waals surface area contributed by atoms with Crippen LogP contribution in [0.15, 0.2) is 139 Å². The molecule has 0 radical (unpaired) electrons. The first-order valence-electron chi connectivity index (χ1n) is 26.5. The molecule has 19 heteroatoms. The zero-order chi connectivity index (χ0) is 55.6. The molecule has 2 amide bonds. The molecule has 1 aliphatic heterocycles. The third-order valence-electron chi connectivity index (χ3n) is 14.3. The van der Waals surface area contributed by atoms with E-state index in [0.717, 1.165) is 38.9 Å². The Bertz CT molecular complexity index is 3190. The molecular formula is C60H67N8O10P. The van der Waals surface area contributed by atoms with Crippen LogP contribution < -0.4 is 20.3 Å². The zero-order valence-corrected chi connectivity index (χ0v) is 46.4. The molecule has 7 aromatic rings. The number of aromatic amines is 1. The number of carbonyl (C=O) groups excluding carboxylic acids is 2. The van der Waals surface area contributed by atoms with E-state index in [0.29, 0.717) is 17.9 Å². The number of H-pyrrole nitrogens is 1. The Balaban J connectivity index is 0.947. The van der Waals surface area contributed by atoms with E-state index in [2.05, 4.69) is 78.0 Å². The highest BCUT2D eigenvalue weighted by atomic mass is 31.2. The molecule has 412 valence electrons. The number of nitrogens with one attached hydrogen (secondary N) is 2. The van der Waals surface area contributed by atoms with Crippen molar-refractivity contribution in [3.8, 4) is 28.7 Å². The lowest BCUT2D eigenvalue weighted by molar-refractivity contribution is -0.116. The largest absolute Gasteiger partial charge is 0.497 e. The lowest BCUT2D eigenvalue weighted by atomic mass is 9.80. The van der Waals surface area contributed by atoms with Gasteiger partial charge in [-0.1, -0.05) is 103 Å². The van der Waals surface area contributed by atoms with Crippen LogP contribution in [0.4, 0.5) is 10.7 Å². The Morgan fingerprint density at radius 1 is 0.848 bits per heavy atom. The Morgan fingerprint density at radius 3 is 2.04 bits per heavy atom. The van der Waals surface area contributed by atoms with Crippen molar-refractivity contribution in [3.63, 3.8) is 0 Å². The number of nitriles is 1. The SMILES string of the molecule is COc1ccc(C(OC[C@H]2O[C@@H](n3cnc4c(=O)[nH]c(NC(=O)CCCN(C)C(=O)OCC5c6ccccc6-c6ccccc65)nc43)C[C@H]2OP(OCCC#N)N(C(C)C)C(C)C)(c2ccccc2)c2ccc(OC)cc2)cc1. The minimum absolute atomic E-state index is 0.00270. The summed E-state index contributed by atoms with van der Waals surface area (Å²) in [6.07, 6.45) is -0.442. The molecule has 2 N–H and O–H groups in total. The van der Waals surface area contributed by atoms with Gasteiger partial charge in [-0.05, 0) is 97.3 Å². The Morgan fingerprint density at radius 2 is 1.44 bits per heavy atom. The van der Waals surface area contributed by atoms with Crippen LogP contribution in [0.2, 0.25) is 0 Å². The summed E-state index contributed by atoms with van der Waals surface area (Å²) in [4.78, 5) is 53.6. The van der Waals surface area contributed by atoms with Gasteiger partial charge < -0.3 is 37.6 Å². The Labute approximate surface area is 461 Å². The van der Waals surface area contributed by atoms with E-state index in [-0.39, 0.29) is 80.7 Å². The van der Waals surface area contributed by atoms with E-state index < -0.39 is 50.1 Å². The van der Waals surface area contributed by atoms with Gasteiger partial charge in [-0.25, -0.2) is 14.4 Å². The van der Waals surface area contributed by atoms with Gasteiger partial charge >= 0.3 is 6.09 Å². The molecule has 5 aromatic carbocycles. The number of anilines is 1. The lowest BCUT2D eigenvalue weighted by Crippen LogP contribution is -2.39. The van der Waals surface area contributed by atoms with Gasteiger partial charge in [0.2, 0.25) is 11.9 Å². The molecule has 0 bridgehead atoms. The molecule has 2 aliphatic rings. The molecule has 1 saturated heterocycles. The molecule has 1 aliphatic carbocycles. The highest BCUT2D eigenvalue weighted by molar-refractivity contribution is 7.44. The van der Waals surface area contributed by atoms with Gasteiger partial charge in [0.1, 0.15) is 36.0 Å². The van der Waals surface area contributed by atoms with Gasteiger partial charge in [0.25, 0.3) is 14.1 Å². The first-order valence-corrected chi connectivity index (χ1v) is 27.7. The average molecular weight is 1090 g/mol. The number of amides is 2. The van der Waals surface area contributed by atoms with Crippen molar-refractivity contribution in [2.24, 2.45) is 0 Å². The van der Waals surface area contributed by atoms with E-state index >= 15 is 0 Å². The minimum Gasteiger partial charge on any atom is -0.497 e. The number of methoxy groups -OCH3 is 2. The van der Waals surface area contributed by atoms with Crippen molar-refractivity contribution in [3.05, 3.63) is 172 Å². The van der Waals surface area contributed by atoms with E-state index in [1.807, 2.05) is 103 Å². The predicted molar refractivity (Wildman–Crippen MR) is 301 cm³/mol. The fourth-order valence-electron chi connectivity index (χ4n) is 10.5. The highest BCUT2D eigenvalue weighted by Crippen LogP contribution is 2.51.